The zero-order chi connectivity index (χ0) is 23.0. The Morgan fingerprint density at radius 3 is 2.16 bits per heavy atom. The molecule has 6 nitrogen and oxygen atoms in total. The van der Waals surface area contributed by atoms with Crippen LogP contribution in [0.15, 0.2) is 51.5 Å². The quantitative estimate of drug-likeness (QED) is 0.680. The van der Waals surface area contributed by atoms with Gasteiger partial charge in [-0.1, -0.05) is 27.7 Å². The van der Waals surface area contributed by atoms with Gasteiger partial charge in [-0.15, -0.1) is 0 Å². The highest BCUT2D eigenvalue weighted by Crippen LogP contribution is 2.43. The first-order chi connectivity index (χ1) is 15.1. The number of rotatable bonds is 2. The lowest BCUT2D eigenvalue weighted by Crippen LogP contribution is -2.67. The molecular formula is C26H26N4O2. The van der Waals surface area contributed by atoms with Gasteiger partial charge in [0.2, 0.25) is 10.9 Å². The second-order valence-electron chi connectivity index (χ2n) is 9.91. The Bertz CT molecular complexity index is 1490. The van der Waals surface area contributed by atoms with E-state index in [0.717, 1.165) is 33.8 Å². The van der Waals surface area contributed by atoms with Gasteiger partial charge in [0.05, 0.1) is 27.9 Å². The summed E-state index contributed by atoms with van der Waals surface area (Å²) in [5, 5.41) is 4.03. The van der Waals surface area contributed by atoms with Crippen molar-refractivity contribution in [1.29, 1.82) is 0 Å². The Balaban J connectivity index is 1.65. The summed E-state index contributed by atoms with van der Waals surface area (Å²) in [5.74, 6) is 0. The Kier molecular flexibility index (Phi) is 4.19. The molecule has 162 valence electrons. The van der Waals surface area contributed by atoms with Crippen LogP contribution < -0.4 is 26.6 Å². The van der Waals surface area contributed by atoms with Crippen LogP contribution in [0.4, 0.5) is 11.4 Å². The second-order valence-corrected chi connectivity index (χ2v) is 9.91. The van der Waals surface area contributed by atoms with Crippen molar-refractivity contribution < 1.29 is 0 Å². The maximum atomic E-state index is 13.3. The van der Waals surface area contributed by atoms with Crippen molar-refractivity contribution in [2.24, 2.45) is 4.99 Å². The Labute approximate surface area is 186 Å². The van der Waals surface area contributed by atoms with Gasteiger partial charge in [-0.3, -0.25) is 24.5 Å². The molecule has 0 radical (unpaired) electrons. The average Bonchev–Trinajstić information content (AvgIpc) is 3.18. The van der Waals surface area contributed by atoms with Crippen molar-refractivity contribution in [2.75, 3.05) is 5.32 Å². The largest absolute Gasteiger partial charge is 0.377 e. The molecule has 1 atom stereocenters. The van der Waals surface area contributed by atoms with Gasteiger partial charge < -0.3 is 5.32 Å². The molecule has 5 rings (SSSR count). The summed E-state index contributed by atoms with van der Waals surface area (Å²) in [4.78, 5) is 39.8. The average molecular weight is 427 g/mol. The van der Waals surface area contributed by atoms with Crippen LogP contribution in [-0.2, 0) is 10.8 Å². The number of fused-ring (bicyclic) bond motifs is 2. The van der Waals surface area contributed by atoms with E-state index in [4.69, 9.17) is 4.99 Å². The van der Waals surface area contributed by atoms with Gasteiger partial charge in [0.1, 0.15) is 0 Å². The van der Waals surface area contributed by atoms with Gasteiger partial charge >= 0.3 is 0 Å². The lowest BCUT2D eigenvalue weighted by Gasteiger charge is -2.28. The van der Waals surface area contributed by atoms with E-state index in [1.807, 2.05) is 38.4 Å². The van der Waals surface area contributed by atoms with Crippen LogP contribution in [0, 0.1) is 0 Å². The molecule has 2 aromatic heterocycles. The molecule has 6 heteroatoms. The van der Waals surface area contributed by atoms with Crippen molar-refractivity contribution in [3.63, 3.8) is 0 Å². The van der Waals surface area contributed by atoms with E-state index in [9.17, 15) is 9.59 Å². The molecule has 0 amide bonds. The minimum Gasteiger partial charge on any atom is -0.377 e. The summed E-state index contributed by atoms with van der Waals surface area (Å²) in [6, 6.07) is 3.64. The number of anilines is 1. The van der Waals surface area contributed by atoms with Crippen LogP contribution in [-0.4, -0.2) is 21.7 Å². The zero-order valence-electron chi connectivity index (χ0n) is 19.2. The Hall–Kier alpha value is -3.41. The number of hydrogen-bond donors (Lipinski definition) is 1. The highest BCUT2D eigenvalue weighted by atomic mass is 16.1. The first-order valence-electron chi connectivity index (χ1n) is 10.8. The smallest absolute Gasteiger partial charge is 0.201 e. The van der Waals surface area contributed by atoms with Crippen LogP contribution >= 0.6 is 0 Å². The van der Waals surface area contributed by atoms with Gasteiger partial charge in [0.25, 0.3) is 0 Å². The maximum absolute atomic E-state index is 13.3. The third-order valence-corrected chi connectivity index (χ3v) is 7.30. The Morgan fingerprint density at radius 2 is 1.53 bits per heavy atom. The molecule has 0 spiro atoms. The normalized spacial score (nSPS) is 19.8. The molecule has 32 heavy (non-hydrogen) atoms. The van der Waals surface area contributed by atoms with E-state index in [1.54, 1.807) is 12.4 Å². The molecule has 1 N–H and O–H groups in total. The summed E-state index contributed by atoms with van der Waals surface area (Å²) in [7, 11) is 0. The van der Waals surface area contributed by atoms with Crippen molar-refractivity contribution in [3.05, 3.63) is 78.9 Å². The van der Waals surface area contributed by atoms with E-state index in [-0.39, 0.29) is 27.5 Å². The fraction of sp³-hybridized carbons (Fsp3) is 0.346. The third kappa shape index (κ3) is 2.55. The fourth-order valence-corrected chi connectivity index (χ4v) is 5.44. The lowest BCUT2D eigenvalue weighted by molar-refractivity contribution is 0.521. The predicted molar refractivity (Wildman–Crippen MR) is 128 cm³/mol. The minimum atomic E-state index is -0.417. The highest BCUT2D eigenvalue weighted by molar-refractivity contribution is 6.25. The molecule has 0 bridgehead atoms. The van der Waals surface area contributed by atoms with Gasteiger partial charge in [-0.25, -0.2) is 0 Å². The monoisotopic (exact) mass is 426 g/mol. The Morgan fingerprint density at radius 1 is 0.906 bits per heavy atom. The molecule has 0 saturated heterocycles. The topological polar surface area (TPSA) is 84.3 Å². The molecule has 2 aliphatic rings. The van der Waals surface area contributed by atoms with Crippen LogP contribution in [0.25, 0.3) is 11.1 Å². The molecule has 2 aliphatic heterocycles. The zero-order valence-corrected chi connectivity index (χ0v) is 19.2. The van der Waals surface area contributed by atoms with Crippen molar-refractivity contribution >= 4 is 28.2 Å². The highest BCUT2D eigenvalue weighted by Gasteiger charge is 2.41. The molecule has 0 fully saturated rings. The van der Waals surface area contributed by atoms with Crippen molar-refractivity contribution in [1.82, 2.24) is 9.97 Å². The first kappa shape index (κ1) is 20.5. The number of nitrogens with one attached hydrogen (secondary N) is 1. The second kappa shape index (κ2) is 6.55. The summed E-state index contributed by atoms with van der Waals surface area (Å²) < 4.78 is 0. The standard InChI is InChI=1S/C26H26N4O2/c1-13(23-25(3,4)15-11-27-9-7-17(15)29-23)19-21(31)20(22(19)32)14(2)24-26(5,6)16-12-28-10-8-18(16)30-24/h7-12,23,29H,1-6H3. The summed E-state index contributed by atoms with van der Waals surface area (Å²) in [5.41, 5.74) is 5.03. The first-order valence-corrected chi connectivity index (χ1v) is 10.8. The number of pyridine rings is 2. The predicted octanol–water partition coefficient (Wildman–Crippen LogP) is 2.25. The molecule has 0 aliphatic carbocycles. The van der Waals surface area contributed by atoms with Crippen LogP contribution in [0.1, 0.15) is 52.7 Å². The van der Waals surface area contributed by atoms with E-state index in [2.05, 4.69) is 43.0 Å². The van der Waals surface area contributed by atoms with Crippen LogP contribution in [0.5, 0.6) is 0 Å². The van der Waals surface area contributed by atoms with Crippen molar-refractivity contribution in [3.8, 4) is 0 Å². The van der Waals surface area contributed by atoms with E-state index >= 15 is 0 Å². The lowest BCUT2D eigenvalue weighted by atomic mass is 9.77. The fourth-order valence-electron chi connectivity index (χ4n) is 5.44. The minimum absolute atomic E-state index is 0.151. The van der Waals surface area contributed by atoms with Gasteiger partial charge in [-0.05, 0) is 37.1 Å². The SMILES string of the molecule is CC(C1=Nc2ccncc2C1(C)C)=c1c(=O)c(=C(C)C2Nc3ccncc3C2(C)C)c1=O. The molecule has 0 saturated carbocycles. The molecular weight excluding hydrogens is 400 g/mol. The number of nitrogens with zero attached hydrogens (tertiary/aromatic N) is 3. The number of aromatic nitrogens is 2. The molecule has 3 aromatic rings. The number of aliphatic imine (C=N–C) groups is 1. The maximum Gasteiger partial charge on any atom is 0.201 e. The van der Waals surface area contributed by atoms with E-state index in [1.165, 1.54) is 0 Å². The summed E-state index contributed by atoms with van der Waals surface area (Å²) >= 11 is 0. The van der Waals surface area contributed by atoms with Gasteiger partial charge in [-0.2, -0.15) is 0 Å². The molecule has 4 heterocycles. The van der Waals surface area contributed by atoms with Crippen LogP contribution in [0.3, 0.4) is 0 Å². The van der Waals surface area contributed by atoms with Gasteiger partial charge in [0.15, 0.2) is 0 Å². The van der Waals surface area contributed by atoms with Crippen molar-refractivity contribution in [2.45, 2.75) is 58.4 Å². The summed E-state index contributed by atoms with van der Waals surface area (Å²) in [6.07, 6.45) is 7.11. The third-order valence-electron chi connectivity index (χ3n) is 7.30. The number of hydrogen-bond acceptors (Lipinski definition) is 6. The van der Waals surface area contributed by atoms with E-state index in [0.29, 0.717) is 10.8 Å². The van der Waals surface area contributed by atoms with Crippen LogP contribution in [0.2, 0.25) is 0 Å². The summed E-state index contributed by atoms with van der Waals surface area (Å²) in [6.45, 7) is 12.0. The van der Waals surface area contributed by atoms with Gasteiger partial charge in [0, 0.05) is 52.4 Å². The van der Waals surface area contributed by atoms with E-state index < -0.39 is 5.41 Å². The molecule has 1 unspecified atom stereocenters. The molecule has 1 aromatic carbocycles.